The van der Waals surface area contributed by atoms with Gasteiger partial charge in [-0.15, -0.1) is 0 Å². The van der Waals surface area contributed by atoms with Crippen LogP contribution < -0.4 is 20.3 Å². The summed E-state index contributed by atoms with van der Waals surface area (Å²) in [6.45, 7) is 1.39. The van der Waals surface area contributed by atoms with Crippen molar-refractivity contribution in [3.8, 4) is 5.75 Å². The Labute approximate surface area is 170 Å². The summed E-state index contributed by atoms with van der Waals surface area (Å²) >= 11 is 0. The Kier molecular flexibility index (Phi) is 5.14. The molecule has 2 heterocycles. The molecule has 0 bridgehead atoms. The molecule has 1 aromatic heterocycles. The minimum absolute atomic E-state index is 0.0280. The Hall–Kier alpha value is -3.08. The third kappa shape index (κ3) is 3.60. The number of amides is 1. The van der Waals surface area contributed by atoms with Crippen LogP contribution in [0.15, 0.2) is 12.1 Å². The summed E-state index contributed by atoms with van der Waals surface area (Å²) in [4.78, 5) is 22.5. The second-order valence-electron chi connectivity index (χ2n) is 7.38. The topological polar surface area (TPSA) is 99.6 Å². The number of aryl methyl sites for hydroxylation is 1. The van der Waals surface area contributed by atoms with Crippen molar-refractivity contribution in [3.05, 3.63) is 35.3 Å². The number of nitrogens with zero attached hydrogens (tertiary/aromatic N) is 3. The van der Waals surface area contributed by atoms with E-state index < -0.39 is 23.5 Å². The number of nitrogens with one attached hydrogen (secondary N) is 2. The van der Waals surface area contributed by atoms with Gasteiger partial charge in [-0.2, -0.15) is 4.98 Å². The van der Waals surface area contributed by atoms with Crippen molar-refractivity contribution in [1.29, 1.82) is 0 Å². The molecule has 0 spiro atoms. The zero-order chi connectivity index (χ0) is 21.6. The predicted octanol–water partition coefficient (Wildman–Crippen LogP) is 1.97. The maximum Gasteiger partial charge on any atom is 0.249 e. The fourth-order valence-electron chi connectivity index (χ4n) is 3.51. The molecule has 1 saturated carbocycles. The summed E-state index contributed by atoms with van der Waals surface area (Å²) in [5.74, 6) is -3.67. The third-order valence-electron chi connectivity index (χ3n) is 5.28. The smallest absolute Gasteiger partial charge is 0.249 e. The molecule has 0 saturated heterocycles. The van der Waals surface area contributed by atoms with E-state index in [9.17, 15) is 23.1 Å². The highest BCUT2D eigenvalue weighted by atomic mass is 19.2. The lowest BCUT2D eigenvalue weighted by atomic mass is 9.89. The van der Waals surface area contributed by atoms with Crippen LogP contribution in [0.3, 0.4) is 0 Å². The Morgan fingerprint density at radius 1 is 1.27 bits per heavy atom. The number of hydrogen-bond donors (Lipinski definition) is 3. The molecule has 2 aliphatic rings. The van der Waals surface area contributed by atoms with Crippen molar-refractivity contribution in [2.75, 3.05) is 29.2 Å². The molecule has 1 aliphatic carbocycles. The highest BCUT2D eigenvalue weighted by Gasteiger charge is 2.35. The van der Waals surface area contributed by atoms with E-state index in [1.165, 1.54) is 0 Å². The van der Waals surface area contributed by atoms with Gasteiger partial charge in [-0.05, 0) is 6.92 Å². The van der Waals surface area contributed by atoms with Gasteiger partial charge in [-0.3, -0.25) is 4.79 Å². The number of benzene rings is 1. The van der Waals surface area contributed by atoms with Crippen LogP contribution in [0.4, 0.5) is 30.6 Å². The Morgan fingerprint density at radius 2 is 1.93 bits per heavy atom. The van der Waals surface area contributed by atoms with E-state index in [4.69, 9.17) is 4.74 Å². The molecular weight excluding hydrogens is 403 g/mol. The first-order chi connectivity index (χ1) is 14.3. The summed E-state index contributed by atoms with van der Waals surface area (Å²) in [7, 11) is 1.67. The van der Waals surface area contributed by atoms with Gasteiger partial charge in [0.25, 0.3) is 0 Å². The standard InChI is InChI=1S/C19H20F3N5O3/c1-8-16-17(27(2)14(7-28)18(29)25-16)26-19(23-8)24-9-3-10(4-9)30-11-5-12(20)15(22)13(21)6-11/h5-6,9-10,14,28H,3-4,7H2,1-2H3,(H,25,29)(H,23,24,26). The zero-order valence-electron chi connectivity index (χ0n) is 16.2. The maximum absolute atomic E-state index is 13.3. The second kappa shape index (κ2) is 7.63. The monoisotopic (exact) mass is 423 g/mol. The first-order valence-electron chi connectivity index (χ1n) is 9.37. The lowest BCUT2D eigenvalue weighted by Crippen LogP contribution is -2.49. The highest BCUT2D eigenvalue weighted by molar-refractivity contribution is 6.03. The van der Waals surface area contributed by atoms with Crippen LogP contribution in [0, 0.1) is 24.4 Å². The van der Waals surface area contributed by atoms with Crippen molar-refractivity contribution in [2.24, 2.45) is 0 Å². The third-order valence-corrected chi connectivity index (χ3v) is 5.28. The summed E-state index contributed by atoms with van der Waals surface area (Å²) in [5.41, 5.74) is 1.07. The molecule has 1 aliphatic heterocycles. The largest absolute Gasteiger partial charge is 0.490 e. The van der Waals surface area contributed by atoms with E-state index in [0.717, 1.165) is 12.1 Å². The van der Waals surface area contributed by atoms with Crippen molar-refractivity contribution in [3.63, 3.8) is 0 Å². The number of ether oxygens (including phenoxy) is 1. The molecule has 1 fully saturated rings. The lowest BCUT2D eigenvalue weighted by molar-refractivity contribution is -0.118. The van der Waals surface area contributed by atoms with Crippen LogP contribution in [-0.2, 0) is 4.79 Å². The molecular formula is C19H20F3N5O3. The van der Waals surface area contributed by atoms with Gasteiger partial charge in [-0.25, -0.2) is 18.2 Å². The van der Waals surface area contributed by atoms with Gasteiger partial charge in [0.1, 0.15) is 23.6 Å². The number of halogens is 3. The van der Waals surface area contributed by atoms with E-state index in [1.807, 2.05) is 0 Å². The van der Waals surface area contributed by atoms with Crippen molar-refractivity contribution >= 4 is 23.4 Å². The number of carbonyl (C=O) groups is 1. The quantitative estimate of drug-likeness (QED) is 0.633. The molecule has 3 N–H and O–H groups in total. The SMILES string of the molecule is Cc1nc(NC2CC(Oc3cc(F)c(F)c(F)c3)C2)nc2c1NC(=O)C(CO)N2C. The van der Waals surface area contributed by atoms with E-state index in [-0.39, 0.29) is 30.4 Å². The number of rotatable bonds is 5. The Morgan fingerprint density at radius 3 is 2.57 bits per heavy atom. The van der Waals surface area contributed by atoms with Gasteiger partial charge in [-0.1, -0.05) is 0 Å². The molecule has 1 amide bonds. The van der Waals surface area contributed by atoms with Gasteiger partial charge in [0, 0.05) is 38.1 Å². The van der Waals surface area contributed by atoms with Crippen LogP contribution in [0.2, 0.25) is 0 Å². The first kappa shape index (κ1) is 20.2. The van der Waals surface area contributed by atoms with Crippen molar-refractivity contribution in [2.45, 2.75) is 38.0 Å². The second-order valence-corrected chi connectivity index (χ2v) is 7.38. The van der Waals surface area contributed by atoms with Gasteiger partial charge >= 0.3 is 0 Å². The van der Waals surface area contributed by atoms with Crippen LogP contribution in [0.25, 0.3) is 0 Å². The highest BCUT2D eigenvalue weighted by Crippen LogP contribution is 2.34. The molecule has 1 unspecified atom stereocenters. The fourth-order valence-corrected chi connectivity index (χ4v) is 3.51. The maximum atomic E-state index is 13.3. The van der Waals surface area contributed by atoms with Gasteiger partial charge in [0.05, 0.1) is 12.3 Å². The van der Waals surface area contributed by atoms with E-state index in [1.54, 1.807) is 18.9 Å². The molecule has 1 aromatic carbocycles. The summed E-state index contributed by atoms with van der Waals surface area (Å²) in [6, 6.07) is 0.866. The van der Waals surface area contributed by atoms with Crippen LogP contribution >= 0.6 is 0 Å². The first-order valence-corrected chi connectivity index (χ1v) is 9.37. The number of aliphatic hydroxyl groups excluding tert-OH is 1. The van der Waals surface area contributed by atoms with E-state index >= 15 is 0 Å². The zero-order valence-corrected chi connectivity index (χ0v) is 16.2. The average Bonchev–Trinajstić information content (AvgIpc) is 2.65. The van der Waals surface area contributed by atoms with Gasteiger partial charge in [0.2, 0.25) is 11.9 Å². The molecule has 160 valence electrons. The molecule has 1 atom stereocenters. The fraction of sp³-hybridized carbons (Fsp3) is 0.421. The number of aromatic nitrogens is 2. The molecule has 4 rings (SSSR count). The van der Waals surface area contributed by atoms with E-state index in [0.29, 0.717) is 36.0 Å². The van der Waals surface area contributed by atoms with Crippen molar-refractivity contribution in [1.82, 2.24) is 9.97 Å². The van der Waals surface area contributed by atoms with Crippen LogP contribution in [-0.4, -0.2) is 52.8 Å². The Balaban J connectivity index is 1.40. The van der Waals surface area contributed by atoms with Crippen molar-refractivity contribution < 1.29 is 27.8 Å². The number of carbonyl (C=O) groups excluding carboxylic acids is 1. The summed E-state index contributed by atoms with van der Waals surface area (Å²) < 4.78 is 45.1. The molecule has 30 heavy (non-hydrogen) atoms. The minimum atomic E-state index is -1.53. The number of hydrogen-bond acceptors (Lipinski definition) is 7. The average molecular weight is 423 g/mol. The number of aliphatic hydroxyl groups is 1. The Bertz CT molecular complexity index is 977. The van der Waals surface area contributed by atoms with Gasteiger partial charge in [0.15, 0.2) is 23.3 Å². The minimum Gasteiger partial charge on any atom is -0.490 e. The normalized spacial score (nSPS) is 22.8. The lowest BCUT2D eigenvalue weighted by Gasteiger charge is -2.37. The van der Waals surface area contributed by atoms with Crippen LogP contribution in [0.1, 0.15) is 18.5 Å². The molecule has 0 radical (unpaired) electrons. The predicted molar refractivity (Wildman–Crippen MR) is 102 cm³/mol. The molecule has 2 aromatic rings. The van der Waals surface area contributed by atoms with Crippen LogP contribution in [0.5, 0.6) is 5.75 Å². The van der Waals surface area contributed by atoms with E-state index in [2.05, 4.69) is 20.6 Å². The van der Waals surface area contributed by atoms with Gasteiger partial charge < -0.3 is 25.4 Å². The summed E-state index contributed by atoms with van der Waals surface area (Å²) in [6.07, 6.45) is 0.781. The number of anilines is 3. The summed E-state index contributed by atoms with van der Waals surface area (Å²) in [5, 5.41) is 15.3. The number of likely N-dealkylation sites (N-methyl/N-ethyl adjacent to an activating group) is 1. The molecule has 11 heteroatoms. The molecule has 8 nitrogen and oxygen atoms in total. The number of fused-ring (bicyclic) bond motifs is 1.